The molecule has 1 aromatic heterocycles. The molecule has 0 radical (unpaired) electrons. The number of benzene rings is 2. The van der Waals surface area contributed by atoms with Crippen molar-refractivity contribution in [3.8, 4) is 22.9 Å². The zero-order valence-corrected chi connectivity index (χ0v) is 21.0. The maximum atomic E-state index is 13.0. The highest BCUT2D eigenvalue weighted by molar-refractivity contribution is 5.96. The number of carboxylic acids is 1. The van der Waals surface area contributed by atoms with Gasteiger partial charge in [0.1, 0.15) is 41.3 Å². The molecular formula is C27H28N4O8. The highest BCUT2D eigenvalue weighted by atomic mass is 16.5. The van der Waals surface area contributed by atoms with Crippen LogP contribution >= 0.6 is 0 Å². The van der Waals surface area contributed by atoms with Crippen LogP contribution in [0.3, 0.4) is 0 Å². The third kappa shape index (κ3) is 5.28. The first kappa shape index (κ1) is 26.2. The van der Waals surface area contributed by atoms with Gasteiger partial charge in [0, 0.05) is 16.9 Å². The van der Waals surface area contributed by atoms with Crippen molar-refractivity contribution >= 4 is 22.8 Å². The number of carbonyl (C=O) groups is 2. The Morgan fingerprint density at radius 2 is 1.97 bits per heavy atom. The predicted molar refractivity (Wildman–Crippen MR) is 137 cm³/mol. The van der Waals surface area contributed by atoms with E-state index in [1.165, 1.54) is 12.1 Å². The highest BCUT2D eigenvalue weighted by Crippen LogP contribution is 2.36. The molecule has 2 aromatic carbocycles. The van der Waals surface area contributed by atoms with Gasteiger partial charge in [-0.2, -0.15) is 10.4 Å². The molecule has 1 amide bonds. The number of aliphatic hydroxyl groups excluding tert-OH is 3. The Labute approximate surface area is 224 Å². The molecule has 3 aromatic rings. The Hall–Kier alpha value is -4.44. The summed E-state index contributed by atoms with van der Waals surface area (Å²) in [5.41, 5.74) is 1.42. The second kappa shape index (κ2) is 11.1. The van der Waals surface area contributed by atoms with Gasteiger partial charge in [0.25, 0.3) is 0 Å². The summed E-state index contributed by atoms with van der Waals surface area (Å²) < 4.78 is 15.3. The Balaban J connectivity index is 2.00. The molecule has 1 aliphatic rings. The SMILES string of the molecule is [2H]N(C(=O)C(C)C)[C@H]1[C@H]([C@H](O)[C@H](O)CO)OC(C(=O)O)=C[C@@H]1n1nc2c(-c3cccc(O)c3)cccc2c1C#N. The summed E-state index contributed by atoms with van der Waals surface area (Å²) in [6.07, 6.45) is -4.34. The van der Waals surface area contributed by atoms with Crippen molar-refractivity contribution in [1.29, 1.82) is 5.26 Å². The van der Waals surface area contributed by atoms with Crippen molar-refractivity contribution in [2.45, 2.75) is 44.2 Å². The molecule has 204 valence electrons. The number of phenolic OH excluding ortho intramolecular Hbond substituents is 1. The minimum Gasteiger partial charge on any atom is -0.508 e. The lowest BCUT2D eigenvalue weighted by Gasteiger charge is -2.40. The number of nitrogens with one attached hydrogen (secondary N) is 1. The fourth-order valence-electron chi connectivity index (χ4n) is 4.44. The molecule has 2 heterocycles. The zero-order chi connectivity index (χ0) is 29.3. The van der Waals surface area contributed by atoms with Gasteiger partial charge in [0.2, 0.25) is 11.7 Å². The average molecular weight is 538 g/mol. The molecule has 4 rings (SSSR count). The molecule has 0 fully saturated rings. The number of carboxylic acid groups (broad SMARTS) is 1. The van der Waals surface area contributed by atoms with Crippen LogP contribution in [0.5, 0.6) is 5.75 Å². The van der Waals surface area contributed by atoms with Crippen LogP contribution in [-0.4, -0.2) is 78.2 Å². The number of rotatable bonds is 8. The van der Waals surface area contributed by atoms with Gasteiger partial charge in [0.15, 0.2) is 1.41 Å². The summed E-state index contributed by atoms with van der Waals surface area (Å²) in [7, 11) is 0. The van der Waals surface area contributed by atoms with Crippen LogP contribution in [0, 0.1) is 17.2 Å². The first-order valence-corrected chi connectivity index (χ1v) is 12.1. The minimum atomic E-state index is -1.92. The van der Waals surface area contributed by atoms with Crippen molar-refractivity contribution in [2.24, 2.45) is 5.92 Å². The molecule has 12 heteroatoms. The van der Waals surface area contributed by atoms with Crippen LogP contribution in [0.25, 0.3) is 22.0 Å². The number of aromatic hydroxyl groups is 1. The number of carbonyl (C=O) groups excluding carboxylic acids is 1. The topological polar surface area (TPSA) is 198 Å². The van der Waals surface area contributed by atoms with E-state index < -0.39 is 60.6 Å². The number of hydrogen-bond donors (Lipinski definition) is 6. The van der Waals surface area contributed by atoms with Crippen molar-refractivity contribution in [3.05, 3.63) is 60.0 Å². The first-order valence-electron chi connectivity index (χ1n) is 12.6. The predicted octanol–water partition coefficient (Wildman–Crippen LogP) is 1.04. The molecule has 5 atom stereocenters. The number of aliphatic hydroxyl groups is 3. The smallest absolute Gasteiger partial charge is 0.370 e. The fourth-order valence-corrected chi connectivity index (χ4v) is 4.44. The summed E-state index contributed by atoms with van der Waals surface area (Å²) in [5.74, 6) is -3.60. The van der Waals surface area contributed by atoms with Crippen molar-refractivity contribution in [1.82, 2.24) is 15.1 Å². The lowest BCUT2D eigenvalue weighted by Crippen LogP contribution is -2.59. The molecule has 0 saturated carbocycles. The molecule has 12 nitrogen and oxygen atoms in total. The van der Waals surface area contributed by atoms with Crippen molar-refractivity contribution in [3.63, 3.8) is 0 Å². The number of amides is 1. The monoisotopic (exact) mass is 537 g/mol. The number of fused-ring (bicyclic) bond motifs is 1. The molecular weight excluding hydrogens is 508 g/mol. The lowest BCUT2D eigenvalue weighted by atomic mass is 9.91. The molecule has 0 unspecified atom stereocenters. The molecule has 0 aliphatic carbocycles. The minimum absolute atomic E-state index is 0.00397. The molecule has 39 heavy (non-hydrogen) atoms. The highest BCUT2D eigenvalue weighted by Gasteiger charge is 2.45. The Morgan fingerprint density at radius 1 is 1.26 bits per heavy atom. The van der Waals surface area contributed by atoms with Gasteiger partial charge in [-0.15, -0.1) is 0 Å². The van der Waals surface area contributed by atoms with E-state index in [1.54, 1.807) is 44.2 Å². The van der Waals surface area contributed by atoms with Gasteiger partial charge in [-0.05, 0) is 29.8 Å². The van der Waals surface area contributed by atoms with E-state index in [-0.39, 0.29) is 11.4 Å². The maximum Gasteiger partial charge on any atom is 0.370 e. The number of hydrogen-bond acceptors (Lipinski definition) is 9. The average Bonchev–Trinajstić information content (AvgIpc) is 3.33. The van der Waals surface area contributed by atoms with E-state index in [9.17, 15) is 40.4 Å². The van der Waals surface area contributed by atoms with E-state index >= 15 is 0 Å². The normalized spacial score (nSPS) is 20.9. The summed E-state index contributed by atoms with van der Waals surface area (Å²) >= 11 is 0. The summed E-state index contributed by atoms with van der Waals surface area (Å²) in [5, 5.41) is 65.9. The summed E-state index contributed by atoms with van der Waals surface area (Å²) in [6, 6.07) is 10.6. The van der Waals surface area contributed by atoms with Gasteiger partial charge in [-0.3, -0.25) is 4.79 Å². The standard InChI is InChI=1S/C27H28N4O8/c1-13(2)26(36)29-23-18(10-21(27(37)38)39-25(23)24(35)20(34)12-32)31-19(11-28)17-8-4-7-16(22(17)30-31)14-5-3-6-15(33)9-14/h3-10,13,18,20,23-25,32-35H,12H2,1-2H3,(H,29,36)(H,37,38)/t18-,20+,23+,24+,25+/m0/s1/i/hD. The Bertz CT molecular complexity index is 1510. The number of aromatic nitrogens is 2. The van der Waals surface area contributed by atoms with E-state index in [1.807, 2.05) is 0 Å². The largest absolute Gasteiger partial charge is 0.508 e. The van der Waals surface area contributed by atoms with E-state index in [0.717, 1.165) is 10.8 Å². The number of nitriles is 1. The summed E-state index contributed by atoms with van der Waals surface area (Å²) in [6.45, 7) is 2.17. The van der Waals surface area contributed by atoms with Crippen LogP contribution in [0.2, 0.25) is 1.41 Å². The Morgan fingerprint density at radius 3 is 2.59 bits per heavy atom. The summed E-state index contributed by atoms with van der Waals surface area (Å²) in [4.78, 5) is 25.0. The number of ether oxygens (including phenoxy) is 1. The Kier molecular flexibility index (Phi) is 7.47. The quantitative estimate of drug-likeness (QED) is 0.241. The zero-order valence-electron chi connectivity index (χ0n) is 22.0. The molecule has 1 aliphatic heterocycles. The van der Waals surface area contributed by atoms with Crippen LogP contribution < -0.4 is 5.31 Å². The van der Waals surface area contributed by atoms with Crippen molar-refractivity contribution in [2.75, 3.05) is 6.61 Å². The first-order chi connectivity index (χ1) is 19.0. The number of nitrogens with zero attached hydrogens (tertiary/aromatic N) is 3. The number of phenols is 1. The van der Waals surface area contributed by atoms with Gasteiger partial charge in [-0.25, -0.2) is 9.48 Å². The van der Waals surface area contributed by atoms with Gasteiger partial charge >= 0.3 is 5.97 Å². The second-order valence-corrected chi connectivity index (χ2v) is 9.42. The van der Waals surface area contributed by atoms with Gasteiger partial charge in [-0.1, -0.05) is 38.1 Å². The second-order valence-electron chi connectivity index (χ2n) is 9.42. The molecule has 0 bridgehead atoms. The maximum absolute atomic E-state index is 13.0. The molecule has 0 saturated heterocycles. The van der Waals surface area contributed by atoms with Crippen molar-refractivity contribution < 1.29 is 41.3 Å². The van der Waals surface area contributed by atoms with Gasteiger partial charge in [0.05, 0.1) is 18.7 Å². The number of aliphatic carboxylic acids is 1. The third-order valence-corrected chi connectivity index (χ3v) is 6.44. The molecule has 6 N–H and O–H groups in total. The van der Waals surface area contributed by atoms with E-state index in [0.29, 0.717) is 27.3 Å². The molecule has 0 spiro atoms. The van der Waals surface area contributed by atoms with E-state index in [2.05, 4.69) is 11.2 Å². The van der Waals surface area contributed by atoms with Gasteiger partial charge < -0.3 is 35.6 Å². The third-order valence-electron chi connectivity index (χ3n) is 6.44. The van der Waals surface area contributed by atoms with E-state index in [4.69, 9.17) is 6.15 Å². The van der Waals surface area contributed by atoms with Crippen LogP contribution in [-0.2, 0) is 14.3 Å². The lowest BCUT2D eigenvalue weighted by molar-refractivity contribution is -0.147. The fraction of sp³-hybridized carbons (Fsp3) is 0.333. The van der Waals surface area contributed by atoms with Crippen LogP contribution in [0.1, 0.15) is 25.6 Å². The van der Waals surface area contributed by atoms with Crippen LogP contribution in [0.4, 0.5) is 0 Å². The van der Waals surface area contributed by atoms with Crippen LogP contribution in [0.15, 0.2) is 54.3 Å².